The number of nitriles is 1. The first-order chi connectivity index (χ1) is 12.6. The van der Waals surface area contributed by atoms with Crippen LogP contribution in [0.15, 0.2) is 30.3 Å². The largest absolute Gasteiger partial charge is 0.323 e. The number of amides is 1. The summed E-state index contributed by atoms with van der Waals surface area (Å²) in [5, 5.41) is 16.0. The number of nitrogens with zero attached hydrogens (tertiary/aromatic N) is 1. The quantitative estimate of drug-likeness (QED) is 0.613. The molecule has 3 rings (SSSR count). The molecule has 1 aromatic carbocycles. The average Bonchev–Trinajstić information content (AvgIpc) is 2.97. The molecule has 0 atom stereocenters. The number of anilines is 1. The van der Waals surface area contributed by atoms with Crippen LogP contribution in [0.5, 0.6) is 0 Å². The molecule has 132 valence electrons. The van der Waals surface area contributed by atoms with Crippen LogP contribution < -0.4 is 10.6 Å². The molecule has 1 aromatic heterocycles. The highest BCUT2D eigenvalue weighted by Crippen LogP contribution is 2.37. The Hall–Kier alpha value is -2.49. The van der Waals surface area contributed by atoms with E-state index in [2.05, 4.69) is 16.7 Å². The summed E-state index contributed by atoms with van der Waals surface area (Å²) in [5.74, 6) is -0.303. The van der Waals surface area contributed by atoms with Crippen LogP contribution in [0.2, 0.25) is 0 Å². The maximum absolute atomic E-state index is 12.0. The number of thiophene rings is 1. The lowest BCUT2D eigenvalue weighted by Gasteiger charge is -2.09. The molecule has 0 fully saturated rings. The van der Waals surface area contributed by atoms with Crippen molar-refractivity contribution >= 4 is 45.7 Å². The molecule has 26 heavy (non-hydrogen) atoms. The number of rotatable bonds is 3. The minimum absolute atomic E-state index is 0.207. The van der Waals surface area contributed by atoms with Crippen molar-refractivity contribution in [3.8, 4) is 6.07 Å². The Kier molecular flexibility index (Phi) is 5.82. The van der Waals surface area contributed by atoms with Crippen molar-refractivity contribution in [2.75, 3.05) is 5.32 Å². The van der Waals surface area contributed by atoms with Crippen LogP contribution in [0.1, 0.15) is 40.0 Å². The van der Waals surface area contributed by atoms with Gasteiger partial charge in [-0.2, -0.15) is 5.26 Å². The van der Waals surface area contributed by atoms with Crippen LogP contribution in [0, 0.1) is 18.3 Å². The molecule has 0 radical (unpaired) electrons. The Balaban J connectivity index is 1.62. The number of aryl methyl sites for hydroxylation is 2. The highest BCUT2D eigenvalue weighted by molar-refractivity contribution is 7.80. The maximum atomic E-state index is 12.0. The van der Waals surface area contributed by atoms with Crippen LogP contribution in [-0.2, 0) is 17.6 Å². The lowest BCUT2D eigenvalue weighted by molar-refractivity contribution is -0.115. The molecule has 2 N–H and O–H groups in total. The molecule has 1 aliphatic carbocycles. The van der Waals surface area contributed by atoms with Crippen LogP contribution >= 0.6 is 23.6 Å². The van der Waals surface area contributed by atoms with Gasteiger partial charge >= 0.3 is 0 Å². The van der Waals surface area contributed by atoms with Crippen molar-refractivity contribution in [2.45, 2.75) is 32.6 Å². The summed E-state index contributed by atoms with van der Waals surface area (Å²) in [4.78, 5) is 13.3. The Bertz CT molecular complexity index is 904. The molecule has 0 spiro atoms. The molecule has 0 aliphatic heterocycles. The third kappa shape index (κ3) is 4.37. The first-order valence-corrected chi connectivity index (χ1v) is 9.70. The minimum Gasteiger partial charge on any atom is -0.323 e. The number of benzene rings is 1. The van der Waals surface area contributed by atoms with Gasteiger partial charge < -0.3 is 5.32 Å². The van der Waals surface area contributed by atoms with Gasteiger partial charge in [0.1, 0.15) is 11.1 Å². The van der Waals surface area contributed by atoms with E-state index in [1.165, 1.54) is 16.5 Å². The first-order valence-electron chi connectivity index (χ1n) is 8.48. The molecular weight excluding hydrogens is 362 g/mol. The van der Waals surface area contributed by atoms with Gasteiger partial charge in [0, 0.05) is 11.0 Å². The van der Waals surface area contributed by atoms with E-state index in [9.17, 15) is 10.1 Å². The Morgan fingerprint density at radius 3 is 2.73 bits per heavy atom. The number of hydrogen-bond acceptors (Lipinski definition) is 4. The van der Waals surface area contributed by atoms with Gasteiger partial charge in [-0.15, -0.1) is 11.3 Å². The molecule has 6 heteroatoms. The van der Waals surface area contributed by atoms with Crippen molar-refractivity contribution in [1.29, 1.82) is 5.26 Å². The average molecular weight is 382 g/mol. The number of nitrogens with one attached hydrogen (secondary N) is 2. The zero-order valence-electron chi connectivity index (χ0n) is 14.5. The second-order valence-electron chi connectivity index (χ2n) is 6.21. The Morgan fingerprint density at radius 2 is 2.00 bits per heavy atom. The predicted octanol–water partition coefficient (Wildman–Crippen LogP) is 4.33. The molecule has 0 unspecified atom stereocenters. The molecule has 0 saturated carbocycles. The summed E-state index contributed by atoms with van der Waals surface area (Å²) in [6.07, 6.45) is 7.40. The fourth-order valence-corrected chi connectivity index (χ4v) is 4.42. The third-order valence-electron chi connectivity index (χ3n) is 4.25. The van der Waals surface area contributed by atoms with E-state index in [1.807, 2.05) is 31.2 Å². The fraction of sp³-hybridized carbons (Fsp3) is 0.250. The van der Waals surface area contributed by atoms with Gasteiger partial charge in [-0.3, -0.25) is 10.1 Å². The van der Waals surface area contributed by atoms with Crippen molar-refractivity contribution in [1.82, 2.24) is 5.32 Å². The normalized spacial score (nSPS) is 13.1. The minimum atomic E-state index is -0.303. The first kappa shape index (κ1) is 18.3. The summed E-state index contributed by atoms with van der Waals surface area (Å²) in [5.41, 5.74) is 3.92. The van der Waals surface area contributed by atoms with Crippen LogP contribution in [0.3, 0.4) is 0 Å². The lowest BCUT2D eigenvalue weighted by Crippen LogP contribution is -2.32. The number of hydrogen-bond donors (Lipinski definition) is 2. The second-order valence-corrected chi connectivity index (χ2v) is 7.73. The molecule has 1 aliphatic rings. The SMILES string of the molecule is Cc1ccc(C=CC(=O)NC(=S)Nc2sc3c(c2C#N)CCCC3)cc1. The molecule has 0 saturated heterocycles. The van der Waals surface area contributed by atoms with Gasteiger partial charge in [0.05, 0.1) is 5.56 Å². The molecular formula is C20H19N3OS2. The smallest absolute Gasteiger partial charge is 0.250 e. The van der Waals surface area contributed by atoms with E-state index in [0.29, 0.717) is 5.56 Å². The summed E-state index contributed by atoms with van der Waals surface area (Å²) in [6, 6.07) is 10.2. The zero-order chi connectivity index (χ0) is 18.5. The van der Waals surface area contributed by atoms with Crippen molar-refractivity contribution in [2.24, 2.45) is 0 Å². The second kappa shape index (κ2) is 8.26. The number of thiocarbonyl (C=S) groups is 1. The van der Waals surface area contributed by atoms with Crippen LogP contribution in [-0.4, -0.2) is 11.0 Å². The van der Waals surface area contributed by atoms with Crippen LogP contribution in [0.4, 0.5) is 5.00 Å². The van der Waals surface area contributed by atoms with Gasteiger partial charge in [-0.25, -0.2) is 0 Å². The van der Waals surface area contributed by atoms with E-state index < -0.39 is 0 Å². The summed E-state index contributed by atoms with van der Waals surface area (Å²) < 4.78 is 0. The van der Waals surface area contributed by atoms with Crippen LogP contribution in [0.25, 0.3) is 6.08 Å². The predicted molar refractivity (Wildman–Crippen MR) is 110 cm³/mol. The molecule has 1 amide bonds. The Morgan fingerprint density at radius 1 is 1.27 bits per heavy atom. The number of carbonyl (C=O) groups is 1. The number of fused-ring (bicyclic) bond motifs is 1. The van der Waals surface area contributed by atoms with Crippen molar-refractivity contribution < 1.29 is 4.79 Å². The van der Waals surface area contributed by atoms with E-state index in [0.717, 1.165) is 41.8 Å². The topological polar surface area (TPSA) is 64.9 Å². The van der Waals surface area contributed by atoms with E-state index in [-0.39, 0.29) is 11.0 Å². The monoisotopic (exact) mass is 381 g/mol. The highest BCUT2D eigenvalue weighted by atomic mass is 32.1. The van der Waals surface area contributed by atoms with Gasteiger partial charge in [-0.05, 0) is 62.0 Å². The van der Waals surface area contributed by atoms with E-state index >= 15 is 0 Å². The lowest BCUT2D eigenvalue weighted by atomic mass is 9.96. The third-order valence-corrected chi connectivity index (χ3v) is 5.66. The van der Waals surface area contributed by atoms with Gasteiger partial charge in [0.2, 0.25) is 5.91 Å². The standard InChI is InChI=1S/C20H19N3OS2/c1-13-6-8-14(9-7-13)10-11-18(24)22-20(25)23-19-16(12-21)15-4-2-3-5-17(15)26-19/h6-11H,2-5H2,1H3,(H2,22,23,24,25). The molecule has 0 bridgehead atoms. The van der Waals surface area contributed by atoms with Crippen molar-refractivity contribution in [3.05, 3.63) is 57.5 Å². The van der Waals surface area contributed by atoms with Gasteiger partial charge in [-0.1, -0.05) is 29.8 Å². The van der Waals surface area contributed by atoms with Gasteiger partial charge in [0.25, 0.3) is 0 Å². The van der Waals surface area contributed by atoms with E-state index in [4.69, 9.17) is 12.2 Å². The fourth-order valence-electron chi connectivity index (χ4n) is 2.91. The number of carbonyl (C=O) groups excluding carboxylic acids is 1. The molecule has 1 heterocycles. The molecule has 2 aromatic rings. The van der Waals surface area contributed by atoms with E-state index in [1.54, 1.807) is 17.4 Å². The van der Waals surface area contributed by atoms with Crippen molar-refractivity contribution in [3.63, 3.8) is 0 Å². The Labute approximate surface area is 162 Å². The zero-order valence-corrected chi connectivity index (χ0v) is 16.1. The van der Waals surface area contributed by atoms with Gasteiger partial charge in [0.15, 0.2) is 5.11 Å². The highest BCUT2D eigenvalue weighted by Gasteiger charge is 2.21. The summed E-state index contributed by atoms with van der Waals surface area (Å²) >= 11 is 6.79. The summed E-state index contributed by atoms with van der Waals surface area (Å²) in [7, 11) is 0. The summed E-state index contributed by atoms with van der Waals surface area (Å²) in [6.45, 7) is 2.02. The molecule has 4 nitrogen and oxygen atoms in total. The maximum Gasteiger partial charge on any atom is 0.250 e.